The van der Waals surface area contributed by atoms with Crippen LogP contribution in [0.25, 0.3) is 10.9 Å². The van der Waals surface area contributed by atoms with Crippen LogP contribution < -0.4 is 20.2 Å². The highest BCUT2D eigenvalue weighted by molar-refractivity contribution is 8.00. The highest BCUT2D eigenvalue weighted by atomic mass is 32.2. The molecule has 0 radical (unpaired) electrons. The summed E-state index contributed by atoms with van der Waals surface area (Å²) in [4.78, 5) is 24.9. The Morgan fingerprint density at radius 3 is 2.42 bits per heavy atom. The summed E-state index contributed by atoms with van der Waals surface area (Å²) in [6, 6.07) is 10.1. The molecule has 0 bridgehead atoms. The lowest BCUT2D eigenvalue weighted by Crippen LogP contribution is -2.19. The first kappa shape index (κ1) is 22.5. The van der Waals surface area contributed by atoms with Gasteiger partial charge in [0.1, 0.15) is 5.69 Å². The lowest BCUT2D eigenvalue weighted by Gasteiger charge is -2.15. The van der Waals surface area contributed by atoms with E-state index in [0.29, 0.717) is 28.1 Å². The number of hydrogen-bond donors (Lipinski definition) is 1. The van der Waals surface area contributed by atoms with E-state index in [1.165, 1.54) is 33.4 Å². The number of amides is 1. The number of carbonyl (C=O) groups excluding carboxylic acids is 1. The van der Waals surface area contributed by atoms with Crippen LogP contribution >= 0.6 is 11.8 Å². The third kappa shape index (κ3) is 4.96. The second-order valence-corrected chi connectivity index (χ2v) is 7.58. The molecule has 0 aliphatic heterocycles. The third-order valence-corrected chi connectivity index (χ3v) is 5.55. The number of methoxy groups -OCH3 is 2. The van der Waals surface area contributed by atoms with E-state index in [9.17, 15) is 22.8 Å². The number of hydrogen-bond acceptors (Lipinski definition) is 5. The van der Waals surface area contributed by atoms with Crippen LogP contribution in [0.5, 0.6) is 11.5 Å². The van der Waals surface area contributed by atoms with Crippen molar-refractivity contribution >= 4 is 34.3 Å². The van der Waals surface area contributed by atoms with Crippen molar-refractivity contribution < 1.29 is 27.4 Å². The average molecular weight is 452 g/mol. The molecule has 0 aliphatic carbocycles. The maximum Gasteiger partial charge on any atom is 0.431 e. The van der Waals surface area contributed by atoms with Gasteiger partial charge >= 0.3 is 6.18 Å². The molecule has 6 nitrogen and oxygen atoms in total. The number of ether oxygens (including phenoxy) is 2. The summed E-state index contributed by atoms with van der Waals surface area (Å²) >= 11 is 1.14. The van der Waals surface area contributed by atoms with Gasteiger partial charge in [0.05, 0.1) is 25.5 Å². The number of nitrogens with one attached hydrogen (secondary N) is 1. The van der Waals surface area contributed by atoms with Crippen molar-refractivity contribution in [3.8, 4) is 11.5 Å². The molecule has 1 amide bonds. The minimum absolute atomic E-state index is 0.0206. The Labute approximate surface area is 180 Å². The zero-order valence-corrected chi connectivity index (χ0v) is 17.7. The average Bonchev–Trinajstić information content (AvgIpc) is 2.73. The number of benzene rings is 2. The standard InChI is InChI=1S/C21H19F3N2O4S/c1-26-15-9-13(5-6-14(15)16(27)10-19(26)21(22,23)24)31-11-20(28)25-12-4-7-17(29-2)18(8-12)30-3/h4-10H,11H2,1-3H3,(H,25,28). The highest BCUT2D eigenvalue weighted by Gasteiger charge is 2.34. The number of fused-ring (bicyclic) bond motifs is 1. The Morgan fingerprint density at radius 2 is 1.77 bits per heavy atom. The van der Waals surface area contributed by atoms with E-state index >= 15 is 0 Å². The van der Waals surface area contributed by atoms with Crippen molar-refractivity contribution in [2.75, 3.05) is 25.3 Å². The Balaban J connectivity index is 1.77. The predicted octanol–water partition coefficient (Wildman–Crippen LogP) is 4.31. The number of carbonyl (C=O) groups is 1. The molecule has 164 valence electrons. The molecule has 31 heavy (non-hydrogen) atoms. The van der Waals surface area contributed by atoms with Crippen molar-refractivity contribution in [1.29, 1.82) is 0 Å². The van der Waals surface area contributed by atoms with Gasteiger partial charge in [-0.3, -0.25) is 9.59 Å². The summed E-state index contributed by atoms with van der Waals surface area (Å²) in [5.41, 5.74) is -1.08. The molecule has 10 heteroatoms. The molecule has 0 fully saturated rings. The zero-order chi connectivity index (χ0) is 22.8. The van der Waals surface area contributed by atoms with E-state index in [1.807, 2.05) is 0 Å². The topological polar surface area (TPSA) is 69.6 Å². The van der Waals surface area contributed by atoms with Gasteiger partial charge in [0, 0.05) is 35.1 Å². The van der Waals surface area contributed by atoms with E-state index in [1.54, 1.807) is 24.3 Å². The van der Waals surface area contributed by atoms with Crippen LogP contribution in [0.3, 0.4) is 0 Å². The van der Waals surface area contributed by atoms with Crippen molar-refractivity contribution in [2.24, 2.45) is 7.05 Å². The number of alkyl halides is 3. The van der Waals surface area contributed by atoms with E-state index in [2.05, 4.69) is 5.32 Å². The molecule has 0 saturated heterocycles. The van der Waals surface area contributed by atoms with Gasteiger partial charge in [-0.25, -0.2) is 0 Å². The first-order valence-electron chi connectivity index (χ1n) is 8.99. The molecule has 0 spiro atoms. The number of aryl methyl sites for hydroxylation is 1. The summed E-state index contributed by atoms with van der Waals surface area (Å²) in [5, 5.41) is 2.90. The van der Waals surface area contributed by atoms with Crippen LogP contribution in [0.15, 0.2) is 52.2 Å². The maximum atomic E-state index is 13.2. The Hall–Kier alpha value is -3.14. The van der Waals surface area contributed by atoms with Crippen molar-refractivity contribution in [1.82, 2.24) is 4.57 Å². The minimum atomic E-state index is -4.65. The van der Waals surface area contributed by atoms with Gasteiger partial charge < -0.3 is 19.4 Å². The predicted molar refractivity (Wildman–Crippen MR) is 113 cm³/mol. The van der Waals surface area contributed by atoms with Crippen LogP contribution in [-0.2, 0) is 18.0 Å². The molecule has 0 atom stereocenters. The summed E-state index contributed by atoms with van der Waals surface area (Å²) < 4.78 is 50.8. The second kappa shape index (κ2) is 8.93. The van der Waals surface area contributed by atoms with Crippen molar-refractivity contribution in [3.05, 3.63) is 58.4 Å². The van der Waals surface area contributed by atoms with Crippen LogP contribution in [0.2, 0.25) is 0 Å². The maximum absolute atomic E-state index is 13.2. The molecule has 0 unspecified atom stereocenters. The summed E-state index contributed by atoms with van der Waals surface area (Å²) in [6.07, 6.45) is -4.65. The molecule has 1 N–H and O–H groups in total. The van der Waals surface area contributed by atoms with Crippen molar-refractivity contribution in [3.63, 3.8) is 0 Å². The number of pyridine rings is 1. The molecular weight excluding hydrogens is 433 g/mol. The number of nitrogens with zero attached hydrogens (tertiary/aromatic N) is 1. The number of anilines is 1. The second-order valence-electron chi connectivity index (χ2n) is 6.54. The van der Waals surface area contributed by atoms with Gasteiger partial charge in [-0.05, 0) is 30.3 Å². The number of halogens is 3. The van der Waals surface area contributed by atoms with Crippen LogP contribution in [0.1, 0.15) is 5.69 Å². The fourth-order valence-electron chi connectivity index (χ4n) is 3.05. The Bertz CT molecular complexity index is 1190. The molecular formula is C21H19F3N2O4S. The lowest BCUT2D eigenvalue weighted by atomic mass is 10.2. The summed E-state index contributed by atoms with van der Waals surface area (Å²) in [5.74, 6) is 0.696. The number of rotatable bonds is 6. The molecule has 3 rings (SSSR count). The fourth-order valence-corrected chi connectivity index (χ4v) is 3.78. The molecule has 1 heterocycles. The van der Waals surface area contributed by atoms with E-state index in [-0.39, 0.29) is 22.6 Å². The van der Waals surface area contributed by atoms with Gasteiger partial charge in [0.2, 0.25) is 5.91 Å². The first-order chi connectivity index (χ1) is 14.6. The number of aromatic nitrogens is 1. The van der Waals surface area contributed by atoms with Gasteiger partial charge in [-0.15, -0.1) is 11.8 Å². The number of thioether (sulfide) groups is 1. The molecule has 2 aromatic carbocycles. The lowest BCUT2D eigenvalue weighted by molar-refractivity contribution is -0.143. The van der Waals surface area contributed by atoms with Crippen LogP contribution in [0, 0.1) is 0 Å². The SMILES string of the molecule is COc1ccc(NC(=O)CSc2ccc3c(=O)cc(C(F)(F)F)n(C)c3c2)cc1OC. The smallest absolute Gasteiger partial charge is 0.431 e. The monoisotopic (exact) mass is 452 g/mol. The summed E-state index contributed by atoms with van der Waals surface area (Å²) in [6.45, 7) is 0. The first-order valence-corrected chi connectivity index (χ1v) is 9.98. The third-order valence-electron chi connectivity index (χ3n) is 4.55. The molecule has 0 saturated carbocycles. The fraction of sp³-hybridized carbons (Fsp3) is 0.238. The molecule has 0 aliphatic rings. The van der Waals surface area contributed by atoms with Gasteiger partial charge in [-0.2, -0.15) is 13.2 Å². The highest BCUT2D eigenvalue weighted by Crippen LogP contribution is 2.32. The zero-order valence-electron chi connectivity index (χ0n) is 16.9. The molecule has 1 aromatic heterocycles. The van der Waals surface area contributed by atoms with Gasteiger partial charge in [-0.1, -0.05) is 0 Å². The van der Waals surface area contributed by atoms with E-state index in [0.717, 1.165) is 16.3 Å². The van der Waals surface area contributed by atoms with Crippen LogP contribution in [0.4, 0.5) is 18.9 Å². The van der Waals surface area contributed by atoms with Gasteiger partial charge in [0.25, 0.3) is 0 Å². The Kier molecular flexibility index (Phi) is 6.49. The molecule has 3 aromatic rings. The largest absolute Gasteiger partial charge is 0.493 e. The minimum Gasteiger partial charge on any atom is -0.493 e. The van der Waals surface area contributed by atoms with E-state index < -0.39 is 17.3 Å². The Morgan fingerprint density at radius 1 is 1.06 bits per heavy atom. The summed E-state index contributed by atoms with van der Waals surface area (Å²) in [7, 11) is 4.24. The van der Waals surface area contributed by atoms with Crippen molar-refractivity contribution in [2.45, 2.75) is 11.1 Å². The quantitative estimate of drug-likeness (QED) is 0.565. The normalized spacial score (nSPS) is 11.4. The van der Waals surface area contributed by atoms with E-state index in [4.69, 9.17) is 9.47 Å². The van der Waals surface area contributed by atoms with Gasteiger partial charge in [0.15, 0.2) is 16.9 Å². The van der Waals surface area contributed by atoms with Crippen LogP contribution in [-0.4, -0.2) is 30.4 Å².